The van der Waals surface area contributed by atoms with Gasteiger partial charge in [0.25, 0.3) is 5.91 Å². The van der Waals surface area contributed by atoms with Crippen LogP contribution < -0.4 is 10.2 Å². The molecule has 1 saturated heterocycles. The van der Waals surface area contributed by atoms with Crippen LogP contribution >= 0.6 is 0 Å². The minimum Gasteiger partial charge on any atom is -0.322 e. The Labute approximate surface area is 163 Å². The van der Waals surface area contributed by atoms with Crippen LogP contribution in [0.2, 0.25) is 0 Å². The van der Waals surface area contributed by atoms with Crippen molar-refractivity contribution in [3.63, 3.8) is 0 Å². The molecule has 2 aromatic rings. The quantitative estimate of drug-likeness (QED) is 0.662. The molecule has 3 aliphatic rings. The summed E-state index contributed by atoms with van der Waals surface area (Å²) >= 11 is 0. The minimum absolute atomic E-state index is 0.108. The molecule has 1 aliphatic heterocycles. The number of aryl methyl sites for hydroxylation is 1. The lowest BCUT2D eigenvalue weighted by molar-refractivity contribution is -0.123. The number of benzene rings is 2. The Hall–Kier alpha value is -3.21. The molecule has 0 unspecified atom stereocenters. The third-order valence-electron chi connectivity index (χ3n) is 6.13. The SMILES string of the molecule is Cc1cccc(NC(=O)c2ccc(N3C(=O)[C@@H]4[C@@H](C3=O)[C@@H]3C=C[C@@H]4C3)cc2)c1. The summed E-state index contributed by atoms with van der Waals surface area (Å²) in [5.41, 5.74) is 2.81. The average molecular weight is 372 g/mol. The summed E-state index contributed by atoms with van der Waals surface area (Å²) in [7, 11) is 0. The molecule has 1 heterocycles. The molecule has 2 fully saturated rings. The van der Waals surface area contributed by atoms with Crippen LogP contribution in [0.3, 0.4) is 0 Å². The van der Waals surface area contributed by atoms with Gasteiger partial charge < -0.3 is 5.32 Å². The van der Waals surface area contributed by atoms with E-state index in [0.717, 1.165) is 17.7 Å². The summed E-state index contributed by atoms with van der Waals surface area (Å²) < 4.78 is 0. The number of amides is 3. The zero-order valence-corrected chi connectivity index (χ0v) is 15.5. The maximum absolute atomic E-state index is 12.9. The number of carbonyl (C=O) groups excluding carboxylic acids is 3. The predicted octanol–water partition coefficient (Wildman–Crippen LogP) is 3.56. The lowest BCUT2D eigenvalue weighted by Gasteiger charge is -2.17. The van der Waals surface area contributed by atoms with Gasteiger partial charge in [-0.05, 0) is 67.1 Å². The maximum atomic E-state index is 12.9. The predicted molar refractivity (Wildman–Crippen MR) is 106 cm³/mol. The number of carbonyl (C=O) groups is 3. The summed E-state index contributed by atoms with van der Waals surface area (Å²) in [5.74, 6) is -0.492. The van der Waals surface area contributed by atoms with Crippen molar-refractivity contribution in [3.05, 3.63) is 71.8 Å². The highest BCUT2D eigenvalue weighted by atomic mass is 16.2. The monoisotopic (exact) mass is 372 g/mol. The highest BCUT2D eigenvalue weighted by Crippen LogP contribution is 2.53. The molecule has 140 valence electrons. The largest absolute Gasteiger partial charge is 0.322 e. The number of nitrogens with zero attached hydrogens (tertiary/aromatic N) is 1. The van der Waals surface area contributed by atoms with Crippen molar-refractivity contribution in [2.24, 2.45) is 23.7 Å². The number of imide groups is 1. The number of allylic oxidation sites excluding steroid dienone is 2. The number of fused-ring (bicyclic) bond motifs is 5. The molecule has 2 aromatic carbocycles. The van der Waals surface area contributed by atoms with Crippen molar-refractivity contribution >= 4 is 29.1 Å². The van der Waals surface area contributed by atoms with Crippen molar-refractivity contribution in [2.75, 3.05) is 10.2 Å². The van der Waals surface area contributed by atoms with Gasteiger partial charge in [-0.3, -0.25) is 19.3 Å². The first kappa shape index (κ1) is 16.9. The van der Waals surface area contributed by atoms with E-state index in [1.165, 1.54) is 4.90 Å². The van der Waals surface area contributed by atoms with Gasteiger partial charge in [0.15, 0.2) is 0 Å². The summed E-state index contributed by atoms with van der Waals surface area (Å²) in [6.45, 7) is 1.96. The molecule has 0 spiro atoms. The van der Waals surface area contributed by atoms with Crippen LogP contribution in [0.1, 0.15) is 22.3 Å². The second-order valence-corrected chi connectivity index (χ2v) is 7.88. The van der Waals surface area contributed by atoms with E-state index in [-0.39, 0.29) is 41.4 Å². The molecule has 2 aliphatic carbocycles. The van der Waals surface area contributed by atoms with E-state index in [2.05, 4.69) is 17.5 Å². The summed E-state index contributed by atoms with van der Waals surface area (Å²) in [4.78, 5) is 39.5. The Kier molecular flexibility index (Phi) is 3.72. The van der Waals surface area contributed by atoms with E-state index in [9.17, 15) is 14.4 Å². The Morgan fingerprint density at radius 3 is 2.21 bits per heavy atom. The third-order valence-corrected chi connectivity index (χ3v) is 6.13. The van der Waals surface area contributed by atoms with Crippen LogP contribution in [0.5, 0.6) is 0 Å². The fraction of sp³-hybridized carbons (Fsp3) is 0.261. The van der Waals surface area contributed by atoms with Crippen LogP contribution in [0.25, 0.3) is 0 Å². The highest BCUT2D eigenvalue weighted by molar-refractivity contribution is 6.23. The lowest BCUT2D eigenvalue weighted by Crippen LogP contribution is -2.32. The van der Waals surface area contributed by atoms with E-state index in [4.69, 9.17) is 0 Å². The molecule has 28 heavy (non-hydrogen) atoms. The van der Waals surface area contributed by atoms with Crippen molar-refractivity contribution in [3.8, 4) is 0 Å². The molecule has 1 N–H and O–H groups in total. The molecule has 5 rings (SSSR count). The standard InChI is InChI=1S/C23H20N2O3/c1-13-3-2-4-17(11-13)24-21(26)14-7-9-18(10-8-14)25-22(27)19-15-5-6-16(12-15)20(19)23(25)28/h2-11,15-16,19-20H,12H2,1H3,(H,24,26)/t15-,16-,19+,20+/m1/s1. The van der Waals surface area contributed by atoms with Gasteiger partial charge >= 0.3 is 0 Å². The van der Waals surface area contributed by atoms with Crippen LogP contribution in [0, 0.1) is 30.6 Å². The number of anilines is 2. The lowest BCUT2D eigenvalue weighted by atomic mass is 9.85. The van der Waals surface area contributed by atoms with E-state index >= 15 is 0 Å². The molecule has 0 aromatic heterocycles. The topological polar surface area (TPSA) is 66.5 Å². The fourth-order valence-corrected chi connectivity index (χ4v) is 4.84. The number of hydrogen-bond acceptors (Lipinski definition) is 3. The third kappa shape index (κ3) is 2.50. The van der Waals surface area contributed by atoms with E-state index < -0.39 is 0 Å². The van der Waals surface area contributed by atoms with Crippen LogP contribution in [0.4, 0.5) is 11.4 Å². The molecular formula is C23H20N2O3. The van der Waals surface area contributed by atoms with Gasteiger partial charge in [0.2, 0.25) is 11.8 Å². The van der Waals surface area contributed by atoms with Crippen LogP contribution in [-0.2, 0) is 9.59 Å². The van der Waals surface area contributed by atoms with E-state index in [1.54, 1.807) is 24.3 Å². The van der Waals surface area contributed by atoms with Crippen molar-refractivity contribution in [1.29, 1.82) is 0 Å². The molecule has 0 radical (unpaired) electrons. The zero-order valence-electron chi connectivity index (χ0n) is 15.5. The van der Waals surface area contributed by atoms with Gasteiger partial charge in [-0.2, -0.15) is 0 Å². The second-order valence-electron chi connectivity index (χ2n) is 7.88. The first-order valence-electron chi connectivity index (χ1n) is 9.57. The highest BCUT2D eigenvalue weighted by Gasteiger charge is 2.59. The smallest absolute Gasteiger partial charge is 0.255 e. The maximum Gasteiger partial charge on any atom is 0.255 e. The first-order chi connectivity index (χ1) is 13.5. The molecule has 5 nitrogen and oxygen atoms in total. The van der Waals surface area contributed by atoms with Crippen molar-refractivity contribution in [1.82, 2.24) is 0 Å². The minimum atomic E-state index is -0.227. The van der Waals surface area contributed by atoms with Gasteiger partial charge in [-0.25, -0.2) is 0 Å². The summed E-state index contributed by atoms with van der Waals surface area (Å²) in [5, 5.41) is 2.86. The van der Waals surface area contributed by atoms with E-state index in [1.807, 2.05) is 31.2 Å². The number of rotatable bonds is 3. The molecule has 2 bridgehead atoms. The molecule has 4 atom stereocenters. The molecule has 1 saturated carbocycles. The van der Waals surface area contributed by atoms with Crippen LogP contribution in [0.15, 0.2) is 60.7 Å². The summed E-state index contributed by atoms with van der Waals surface area (Å²) in [6.07, 6.45) is 5.08. The van der Waals surface area contributed by atoms with Crippen molar-refractivity contribution < 1.29 is 14.4 Å². The van der Waals surface area contributed by atoms with Gasteiger partial charge in [0.05, 0.1) is 17.5 Å². The molecule has 5 heteroatoms. The van der Waals surface area contributed by atoms with Gasteiger partial charge in [0, 0.05) is 11.3 Å². The Morgan fingerprint density at radius 2 is 1.61 bits per heavy atom. The molecular weight excluding hydrogens is 352 g/mol. The van der Waals surface area contributed by atoms with Gasteiger partial charge in [0.1, 0.15) is 0 Å². The average Bonchev–Trinajstić information content (AvgIpc) is 3.36. The van der Waals surface area contributed by atoms with E-state index in [0.29, 0.717) is 11.3 Å². The Morgan fingerprint density at radius 1 is 0.964 bits per heavy atom. The Bertz CT molecular complexity index is 994. The summed E-state index contributed by atoms with van der Waals surface area (Å²) in [6, 6.07) is 14.2. The Balaban J connectivity index is 1.35. The fourth-order valence-electron chi connectivity index (χ4n) is 4.84. The number of hydrogen-bond donors (Lipinski definition) is 1. The normalized spacial score (nSPS) is 27.4. The zero-order chi connectivity index (χ0) is 19.4. The number of nitrogens with one attached hydrogen (secondary N) is 1. The van der Waals surface area contributed by atoms with Gasteiger partial charge in [-0.15, -0.1) is 0 Å². The van der Waals surface area contributed by atoms with Crippen LogP contribution in [-0.4, -0.2) is 17.7 Å². The molecule has 3 amide bonds. The first-order valence-corrected chi connectivity index (χ1v) is 9.57. The van der Waals surface area contributed by atoms with Crippen molar-refractivity contribution in [2.45, 2.75) is 13.3 Å². The second kappa shape index (κ2) is 6.16. The van der Waals surface area contributed by atoms with Gasteiger partial charge in [-0.1, -0.05) is 24.3 Å².